The molecule has 0 aliphatic rings. The van der Waals surface area contributed by atoms with Gasteiger partial charge in [-0.3, -0.25) is 4.79 Å². The van der Waals surface area contributed by atoms with Crippen LogP contribution < -0.4 is 32.0 Å². The summed E-state index contributed by atoms with van der Waals surface area (Å²) in [6.07, 6.45) is 3.64. The Labute approximate surface area is 122 Å². The molecule has 1 heterocycles. The summed E-state index contributed by atoms with van der Waals surface area (Å²) in [5.41, 5.74) is 6.88. The third-order valence-corrected chi connectivity index (χ3v) is 2.67. The number of nitrogens with two attached hydrogens (primary N) is 1. The molecule has 0 bridgehead atoms. The number of hydrogen-bond acceptors (Lipinski definition) is 2. The fourth-order valence-electron chi connectivity index (χ4n) is 1.71. The number of halogens is 1. The van der Waals surface area contributed by atoms with Gasteiger partial charge >= 0.3 is 0 Å². The van der Waals surface area contributed by atoms with Gasteiger partial charge in [-0.1, -0.05) is 0 Å². The first-order valence-electron chi connectivity index (χ1n) is 5.61. The number of benzene rings is 1. The summed E-state index contributed by atoms with van der Waals surface area (Å²) in [4.78, 5) is 11.1. The average Bonchev–Trinajstić information content (AvgIpc) is 2.40. The minimum absolute atomic E-state index is 0. The van der Waals surface area contributed by atoms with Gasteiger partial charge in [-0.2, -0.15) is 4.57 Å². The van der Waals surface area contributed by atoms with E-state index in [1.54, 1.807) is 19.4 Å². The number of carbonyl (C=O) groups is 1. The highest BCUT2D eigenvalue weighted by molar-refractivity contribution is 5.92. The smallest absolute Gasteiger partial charge is 0.254 e. The highest BCUT2D eigenvalue weighted by atomic mass is 79.9. The molecule has 100 valence electrons. The molecule has 0 aliphatic heterocycles. The first kappa shape index (κ1) is 15.2. The van der Waals surface area contributed by atoms with E-state index in [0.29, 0.717) is 12.1 Å². The second-order valence-corrected chi connectivity index (χ2v) is 3.98. The SMILES string of the molecule is COc1ccc(C[n+]2cccc(C(N)=O)c2)cc1.[Br-]. The highest BCUT2D eigenvalue weighted by Crippen LogP contribution is 2.10. The molecule has 2 rings (SSSR count). The molecule has 0 aliphatic carbocycles. The molecule has 5 heteroatoms. The Bertz CT molecular complexity index is 556. The predicted octanol–water partition coefficient (Wildman–Crippen LogP) is -1.87. The lowest BCUT2D eigenvalue weighted by atomic mass is 10.2. The van der Waals surface area contributed by atoms with Gasteiger partial charge in [0, 0.05) is 11.6 Å². The standard InChI is InChI=1S/C14H14N2O2.BrH/c1-18-13-6-4-11(5-7-13)9-16-8-2-3-12(10-16)14(15)17;/h2-8,10H,9H2,1H3,(H-,15,17);1H. The monoisotopic (exact) mass is 322 g/mol. The minimum atomic E-state index is -0.418. The van der Waals surface area contributed by atoms with Crippen molar-refractivity contribution in [1.82, 2.24) is 0 Å². The van der Waals surface area contributed by atoms with Crippen LogP contribution in [0.4, 0.5) is 0 Å². The van der Waals surface area contributed by atoms with Crippen LogP contribution in [0.5, 0.6) is 5.75 Å². The van der Waals surface area contributed by atoms with E-state index in [2.05, 4.69) is 0 Å². The van der Waals surface area contributed by atoms with Gasteiger partial charge in [-0.05, 0) is 30.3 Å². The Morgan fingerprint density at radius 1 is 1.26 bits per heavy atom. The lowest BCUT2D eigenvalue weighted by Crippen LogP contribution is -3.00. The lowest BCUT2D eigenvalue weighted by molar-refractivity contribution is -0.688. The third-order valence-electron chi connectivity index (χ3n) is 2.67. The van der Waals surface area contributed by atoms with Crippen molar-refractivity contribution in [2.75, 3.05) is 7.11 Å². The third kappa shape index (κ3) is 4.06. The van der Waals surface area contributed by atoms with Crippen LogP contribution in [-0.4, -0.2) is 13.0 Å². The van der Waals surface area contributed by atoms with Gasteiger partial charge < -0.3 is 27.5 Å². The molecule has 0 spiro atoms. The summed E-state index contributed by atoms with van der Waals surface area (Å²) in [7, 11) is 1.64. The van der Waals surface area contributed by atoms with Crippen LogP contribution in [0.25, 0.3) is 0 Å². The van der Waals surface area contributed by atoms with Crippen molar-refractivity contribution in [1.29, 1.82) is 0 Å². The molecule has 4 nitrogen and oxygen atoms in total. The molecule has 0 saturated carbocycles. The second kappa shape index (κ2) is 6.89. The van der Waals surface area contributed by atoms with Gasteiger partial charge in [0.25, 0.3) is 5.91 Å². The van der Waals surface area contributed by atoms with E-state index in [0.717, 1.165) is 11.3 Å². The van der Waals surface area contributed by atoms with Crippen molar-refractivity contribution in [2.45, 2.75) is 6.54 Å². The average molecular weight is 323 g/mol. The van der Waals surface area contributed by atoms with E-state index in [1.807, 2.05) is 41.1 Å². The summed E-state index contributed by atoms with van der Waals surface area (Å²) in [5, 5.41) is 0. The number of ether oxygens (including phenoxy) is 1. The van der Waals surface area contributed by atoms with Crippen LogP contribution >= 0.6 is 0 Å². The predicted molar refractivity (Wildman–Crippen MR) is 67.3 cm³/mol. The fourth-order valence-corrected chi connectivity index (χ4v) is 1.71. The van der Waals surface area contributed by atoms with Crippen LogP contribution in [-0.2, 0) is 6.54 Å². The molecule has 2 aromatic rings. The van der Waals surface area contributed by atoms with Crippen molar-refractivity contribution in [2.24, 2.45) is 5.73 Å². The number of methoxy groups -OCH3 is 1. The Morgan fingerprint density at radius 3 is 2.53 bits per heavy atom. The van der Waals surface area contributed by atoms with Crippen LogP contribution in [0.3, 0.4) is 0 Å². The summed E-state index contributed by atoms with van der Waals surface area (Å²) in [6, 6.07) is 11.3. The Morgan fingerprint density at radius 2 is 1.95 bits per heavy atom. The van der Waals surface area contributed by atoms with Crippen molar-refractivity contribution in [3.05, 3.63) is 59.9 Å². The number of hydrogen-bond donors (Lipinski definition) is 1. The maximum atomic E-state index is 11.1. The minimum Gasteiger partial charge on any atom is -1.00 e. The van der Waals surface area contributed by atoms with Gasteiger partial charge in [0.2, 0.25) is 0 Å². The first-order valence-corrected chi connectivity index (χ1v) is 5.61. The number of amides is 1. The molecule has 0 saturated heterocycles. The summed E-state index contributed by atoms with van der Waals surface area (Å²) in [6.45, 7) is 0.686. The number of carbonyl (C=O) groups excluding carboxylic acids is 1. The zero-order valence-corrected chi connectivity index (χ0v) is 12.1. The second-order valence-electron chi connectivity index (χ2n) is 3.98. The van der Waals surface area contributed by atoms with Crippen molar-refractivity contribution in [3.8, 4) is 5.75 Å². The largest absolute Gasteiger partial charge is 1.00 e. The van der Waals surface area contributed by atoms with Crippen molar-refractivity contribution < 1.29 is 31.1 Å². The van der Waals surface area contributed by atoms with E-state index in [4.69, 9.17) is 10.5 Å². The quantitative estimate of drug-likeness (QED) is 0.671. The van der Waals surface area contributed by atoms with Crippen LogP contribution in [0.2, 0.25) is 0 Å². The van der Waals surface area contributed by atoms with E-state index in [-0.39, 0.29) is 17.0 Å². The number of primary amides is 1. The molecular formula is C14H15BrN2O2. The first-order chi connectivity index (χ1) is 8.69. The maximum Gasteiger partial charge on any atom is 0.254 e. The van der Waals surface area contributed by atoms with Crippen molar-refractivity contribution in [3.63, 3.8) is 0 Å². The highest BCUT2D eigenvalue weighted by Gasteiger charge is 2.07. The number of nitrogens with zero attached hydrogens (tertiary/aromatic N) is 1. The fraction of sp³-hybridized carbons (Fsp3) is 0.143. The van der Waals surface area contributed by atoms with Crippen LogP contribution in [0.15, 0.2) is 48.8 Å². The maximum absolute atomic E-state index is 11.1. The normalized spacial score (nSPS) is 9.53. The Kier molecular flexibility index (Phi) is 5.51. The van der Waals surface area contributed by atoms with Gasteiger partial charge in [-0.15, -0.1) is 0 Å². The molecule has 1 amide bonds. The van der Waals surface area contributed by atoms with E-state index in [9.17, 15) is 4.79 Å². The van der Waals surface area contributed by atoms with E-state index < -0.39 is 5.91 Å². The van der Waals surface area contributed by atoms with Crippen molar-refractivity contribution >= 4 is 5.91 Å². The van der Waals surface area contributed by atoms with Crippen LogP contribution in [0, 0.1) is 0 Å². The molecular weight excluding hydrogens is 308 g/mol. The molecule has 0 atom stereocenters. The summed E-state index contributed by atoms with van der Waals surface area (Å²) >= 11 is 0. The summed E-state index contributed by atoms with van der Waals surface area (Å²) < 4.78 is 7.02. The zero-order chi connectivity index (χ0) is 13.0. The number of pyridine rings is 1. The number of rotatable bonds is 4. The molecule has 1 aromatic heterocycles. The molecule has 0 unspecified atom stereocenters. The molecule has 1 aromatic carbocycles. The van der Waals surface area contributed by atoms with E-state index in [1.165, 1.54) is 0 Å². The Hall–Kier alpha value is -1.88. The summed E-state index contributed by atoms with van der Waals surface area (Å²) in [5.74, 6) is 0.411. The van der Waals surface area contributed by atoms with Gasteiger partial charge in [-0.25, -0.2) is 0 Å². The van der Waals surface area contributed by atoms with Gasteiger partial charge in [0.1, 0.15) is 11.3 Å². The molecule has 19 heavy (non-hydrogen) atoms. The van der Waals surface area contributed by atoms with E-state index >= 15 is 0 Å². The zero-order valence-electron chi connectivity index (χ0n) is 10.5. The molecule has 2 N–H and O–H groups in total. The molecule has 0 fully saturated rings. The van der Waals surface area contributed by atoms with Crippen LogP contribution in [0.1, 0.15) is 15.9 Å². The topological polar surface area (TPSA) is 56.2 Å². The Balaban J connectivity index is 0.00000180. The molecule has 0 radical (unpaired) electrons. The van der Waals surface area contributed by atoms with Gasteiger partial charge in [0.15, 0.2) is 18.9 Å². The lowest BCUT2D eigenvalue weighted by Gasteiger charge is -2.01. The van der Waals surface area contributed by atoms with Gasteiger partial charge in [0.05, 0.1) is 7.11 Å². The number of aromatic nitrogens is 1.